The van der Waals surface area contributed by atoms with Crippen molar-refractivity contribution < 1.29 is 41.1 Å². The Morgan fingerprint density at radius 1 is 0.493 bits per heavy atom. The lowest BCUT2D eigenvalue weighted by Gasteiger charge is -2.25. The first-order valence-electron chi connectivity index (χ1n) is 25.4. The number of amides is 5. The summed E-state index contributed by atoms with van der Waals surface area (Å²) in [5.41, 5.74) is 5.61. The van der Waals surface area contributed by atoms with Crippen molar-refractivity contribution in [2.24, 2.45) is 5.73 Å². The van der Waals surface area contributed by atoms with E-state index in [0.717, 1.165) is 25.7 Å². The number of hydrogen-bond donors (Lipinski definition) is 4. The highest BCUT2D eigenvalue weighted by molar-refractivity contribution is 5.98. The largest absolute Gasteiger partial charge is 0.354 e. The normalized spacial score (nSPS) is 12.7. The standard InChI is InChI=1S/C64H62N6O5.12H2/c1-3-5-7-9-11-13-15-16-17-18-19-20-21-22-23-24-25-26-27-28-29-30-31-32-34-36-38-40-42-51-61(72)70-56-46-49-59(70)64(75)68-57(62(73)67-54-52-65)47-43-44-53-66-63(74)58-48-45-55-69(58)60(71)50-41-39-37-35-33-14-12-10-8-6-4-2;;;;;;;;;;;;/h57-59H,4,6,8,10,12,14,33,35,37,39,41,43-50,52-56,65H2,1-2H3,(H,66,74)(H,67,73)(H,68,75);12*1H. The second-order valence-electron chi connectivity index (χ2n) is 16.5. The maximum atomic E-state index is 13.5. The molecule has 2 fully saturated rings. The van der Waals surface area contributed by atoms with Crippen molar-refractivity contribution in [2.45, 2.75) is 154 Å². The van der Waals surface area contributed by atoms with Crippen LogP contribution in [0.5, 0.6) is 0 Å². The fraction of sp³-hybridized carbons (Fsp3) is 0.453. The van der Waals surface area contributed by atoms with Crippen LogP contribution in [-0.2, 0) is 24.0 Å². The Balaban J connectivity index is -0.000000535. The molecule has 2 aliphatic heterocycles. The molecule has 402 valence electrons. The Morgan fingerprint density at radius 2 is 0.907 bits per heavy atom. The summed E-state index contributed by atoms with van der Waals surface area (Å²) in [6, 6.07) is -2.15. The number of nitrogens with one attached hydrogen (secondary N) is 3. The molecule has 2 saturated heterocycles. The fourth-order valence-corrected chi connectivity index (χ4v) is 7.39. The molecular formula is C64H86N6O5. The van der Waals surface area contributed by atoms with E-state index in [9.17, 15) is 24.0 Å². The van der Waals surface area contributed by atoms with Crippen molar-refractivity contribution in [1.29, 1.82) is 0 Å². The highest BCUT2D eigenvalue weighted by Gasteiger charge is 2.36. The molecule has 0 aromatic heterocycles. The maximum absolute atomic E-state index is 13.5. The van der Waals surface area contributed by atoms with E-state index in [0.29, 0.717) is 64.6 Å². The van der Waals surface area contributed by atoms with Gasteiger partial charge in [0.15, 0.2) is 0 Å². The van der Waals surface area contributed by atoms with Crippen LogP contribution in [-0.4, -0.2) is 90.2 Å². The van der Waals surface area contributed by atoms with E-state index in [-0.39, 0.29) is 47.9 Å². The van der Waals surface area contributed by atoms with Gasteiger partial charge in [0.1, 0.15) is 18.1 Å². The first kappa shape index (κ1) is 61.8. The fourth-order valence-electron chi connectivity index (χ4n) is 7.39. The molecule has 2 aliphatic rings. The molecule has 0 radical (unpaired) electrons. The van der Waals surface area contributed by atoms with Crippen LogP contribution < -0.4 is 21.7 Å². The summed E-state index contributed by atoms with van der Waals surface area (Å²) in [5.74, 6) is 73.7. The lowest BCUT2D eigenvalue weighted by molar-refractivity contribution is -0.138. The summed E-state index contributed by atoms with van der Waals surface area (Å²) >= 11 is 0. The van der Waals surface area contributed by atoms with Crippen LogP contribution in [0.25, 0.3) is 0 Å². The van der Waals surface area contributed by atoms with Gasteiger partial charge in [-0.25, -0.2) is 0 Å². The van der Waals surface area contributed by atoms with Crippen LogP contribution in [0.2, 0.25) is 0 Å². The Hall–Kier alpha value is -9.29. The average molecular weight is 1020 g/mol. The van der Waals surface area contributed by atoms with Gasteiger partial charge >= 0.3 is 0 Å². The second kappa shape index (κ2) is 43.5. The van der Waals surface area contributed by atoms with Crippen LogP contribution in [0.1, 0.15) is 153 Å². The van der Waals surface area contributed by atoms with E-state index in [2.05, 4.69) is 200 Å². The van der Waals surface area contributed by atoms with Crippen LogP contribution in [0, 0.1) is 178 Å². The van der Waals surface area contributed by atoms with Crippen molar-refractivity contribution in [3.8, 4) is 178 Å². The third-order valence-electron chi connectivity index (χ3n) is 11.0. The van der Waals surface area contributed by atoms with Crippen LogP contribution in [0.15, 0.2) is 0 Å². The molecule has 2 heterocycles. The van der Waals surface area contributed by atoms with Gasteiger partial charge < -0.3 is 31.5 Å². The highest BCUT2D eigenvalue weighted by atomic mass is 16.2. The Morgan fingerprint density at radius 3 is 1.36 bits per heavy atom. The second-order valence-corrected chi connectivity index (χ2v) is 16.5. The molecule has 0 aliphatic carbocycles. The smallest absolute Gasteiger partial charge is 0.300 e. The summed E-state index contributed by atoms with van der Waals surface area (Å²) in [4.78, 5) is 68.9. The van der Waals surface area contributed by atoms with Crippen LogP contribution in [0.4, 0.5) is 0 Å². The van der Waals surface area contributed by atoms with E-state index >= 15 is 0 Å². The predicted octanol–water partition coefficient (Wildman–Crippen LogP) is 6.54. The molecule has 0 saturated carbocycles. The van der Waals surface area contributed by atoms with E-state index < -0.39 is 29.9 Å². The number of nitrogens with two attached hydrogens (primary N) is 1. The summed E-state index contributed by atoms with van der Waals surface area (Å²) in [5, 5.41) is 8.54. The monoisotopic (exact) mass is 1020 g/mol. The zero-order chi connectivity index (χ0) is 54.1. The molecule has 0 aromatic rings. The van der Waals surface area contributed by atoms with Crippen molar-refractivity contribution in [3.05, 3.63) is 0 Å². The number of carbonyl (C=O) groups is 5. The Labute approximate surface area is 465 Å². The molecule has 3 unspecified atom stereocenters. The van der Waals surface area contributed by atoms with Gasteiger partial charge in [0.05, 0.1) is 0 Å². The van der Waals surface area contributed by atoms with Crippen molar-refractivity contribution in [1.82, 2.24) is 25.8 Å². The summed E-state index contributed by atoms with van der Waals surface area (Å²) in [6.07, 6.45) is 17.6. The number of likely N-dealkylation sites (tertiary alicyclic amines) is 2. The third kappa shape index (κ3) is 30.9. The molecule has 5 amide bonds. The molecule has 0 aromatic carbocycles. The minimum atomic E-state index is -0.877. The van der Waals surface area contributed by atoms with Gasteiger partial charge in [0, 0.05) is 133 Å². The van der Waals surface area contributed by atoms with Gasteiger partial charge in [0.25, 0.3) is 5.91 Å². The average Bonchev–Trinajstić information content (AvgIpc) is 4.13. The van der Waals surface area contributed by atoms with Gasteiger partial charge in [0.2, 0.25) is 23.6 Å². The van der Waals surface area contributed by atoms with Crippen molar-refractivity contribution >= 4 is 29.5 Å². The van der Waals surface area contributed by atoms with Gasteiger partial charge in [-0.1, -0.05) is 77.1 Å². The minimum Gasteiger partial charge on any atom is -0.354 e. The van der Waals surface area contributed by atoms with E-state index in [1.807, 2.05) is 0 Å². The molecule has 75 heavy (non-hydrogen) atoms. The zero-order valence-corrected chi connectivity index (χ0v) is 43.2. The van der Waals surface area contributed by atoms with E-state index in [1.165, 1.54) is 56.3 Å². The number of unbranched alkanes of at least 4 members (excludes halogenated alkanes) is 11. The maximum Gasteiger partial charge on any atom is 0.300 e. The number of nitrogens with zero attached hydrogens (tertiary/aromatic N) is 2. The van der Waals surface area contributed by atoms with Crippen LogP contribution >= 0.6 is 0 Å². The number of hydrogen-bond acceptors (Lipinski definition) is 6. The minimum absolute atomic E-state index is 0. The molecule has 11 heteroatoms. The van der Waals surface area contributed by atoms with Crippen molar-refractivity contribution in [2.75, 3.05) is 32.7 Å². The molecular weight excluding hydrogens is 933 g/mol. The highest BCUT2D eigenvalue weighted by Crippen LogP contribution is 2.21. The SMILES string of the molecule is CC#CC#CC#CC#CC#CC#CC#CC#CC#CC#CC#CC#CC#CC#CC#CC(=O)N1CCCC1C(=O)NC(CCCCNC(=O)C1CCCN1C(=O)CCCCCCCCCCCCC)C(=O)NCCN.[HH].[HH].[HH].[HH].[HH].[HH].[HH].[HH].[HH].[HH].[HH].[HH]. The van der Waals surface area contributed by atoms with Crippen LogP contribution in [0.3, 0.4) is 0 Å². The third-order valence-corrected chi connectivity index (χ3v) is 11.0. The van der Waals surface area contributed by atoms with E-state index in [4.69, 9.17) is 5.73 Å². The molecule has 0 spiro atoms. The zero-order valence-electron chi connectivity index (χ0n) is 43.2. The number of carbonyl (C=O) groups excluding carboxylic acids is 5. The molecule has 2 rings (SSSR count). The molecule has 11 nitrogen and oxygen atoms in total. The Kier molecular flexibility index (Phi) is 35.9. The topological polar surface area (TPSA) is 154 Å². The first-order chi connectivity index (χ1) is 36.8. The first-order valence-corrected chi connectivity index (χ1v) is 25.4. The summed E-state index contributed by atoms with van der Waals surface area (Å²) in [6.45, 7) is 5.65. The predicted molar refractivity (Wildman–Crippen MR) is 319 cm³/mol. The van der Waals surface area contributed by atoms with Gasteiger partial charge in [-0.3, -0.25) is 24.0 Å². The van der Waals surface area contributed by atoms with Gasteiger partial charge in [-0.2, -0.15) is 0 Å². The molecule has 3 atom stereocenters. The summed E-state index contributed by atoms with van der Waals surface area (Å²) in [7, 11) is 0. The summed E-state index contributed by atoms with van der Waals surface area (Å²) < 4.78 is 0. The van der Waals surface area contributed by atoms with Crippen molar-refractivity contribution in [3.63, 3.8) is 0 Å². The van der Waals surface area contributed by atoms with Gasteiger partial charge in [-0.05, 0) is 153 Å². The van der Waals surface area contributed by atoms with E-state index in [1.54, 1.807) is 11.8 Å². The molecule has 5 N–H and O–H groups in total. The van der Waals surface area contributed by atoms with Gasteiger partial charge in [-0.15, -0.1) is 0 Å². The lowest BCUT2D eigenvalue weighted by atomic mass is 10.0. The Bertz CT molecular complexity index is 3060. The number of rotatable bonds is 23. The quantitative estimate of drug-likeness (QED) is 0.0674. The molecule has 0 bridgehead atoms. The lowest BCUT2D eigenvalue weighted by Crippen LogP contribution is -2.53.